The molecule has 0 aliphatic heterocycles. The molecule has 2 rings (SSSR count). The highest BCUT2D eigenvalue weighted by molar-refractivity contribution is 5.93. The van der Waals surface area contributed by atoms with Gasteiger partial charge in [-0.3, -0.25) is 4.79 Å². The van der Waals surface area contributed by atoms with Gasteiger partial charge in [-0.1, -0.05) is 19.9 Å². The van der Waals surface area contributed by atoms with E-state index in [0.29, 0.717) is 35.3 Å². The van der Waals surface area contributed by atoms with Gasteiger partial charge >= 0.3 is 0 Å². The fraction of sp³-hybridized carbons (Fsp3) is 0.333. The fourth-order valence-corrected chi connectivity index (χ4v) is 2.70. The highest BCUT2D eigenvalue weighted by atomic mass is 16.5. The molecule has 1 amide bonds. The minimum Gasteiger partial charge on any atom is -0.492 e. The van der Waals surface area contributed by atoms with E-state index < -0.39 is 0 Å². The van der Waals surface area contributed by atoms with Crippen molar-refractivity contribution in [1.29, 1.82) is 5.26 Å². The third-order valence-electron chi connectivity index (χ3n) is 3.92. The fourth-order valence-electron chi connectivity index (χ4n) is 2.70. The minimum atomic E-state index is -0.313. The number of amides is 1. The van der Waals surface area contributed by atoms with Gasteiger partial charge in [0.15, 0.2) is 6.61 Å². The number of rotatable bonds is 7. The van der Waals surface area contributed by atoms with Crippen LogP contribution in [0.2, 0.25) is 0 Å². The van der Waals surface area contributed by atoms with E-state index in [-0.39, 0.29) is 12.5 Å². The minimum absolute atomic E-state index is 0.122. The summed E-state index contributed by atoms with van der Waals surface area (Å²) >= 11 is 0. The van der Waals surface area contributed by atoms with E-state index in [1.165, 1.54) is 5.56 Å². The largest absolute Gasteiger partial charge is 0.492 e. The van der Waals surface area contributed by atoms with Gasteiger partial charge in [0.25, 0.3) is 5.91 Å². The van der Waals surface area contributed by atoms with Crippen LogP contribution in [0.3, 0.4) is 0 Å². The van der Waals surface area contributed by atoms with Crippen molar-refractivity contribution >= 4 is 11.6 Å². The molecule has 0 fully saturated rings. The van der Waals surface area contributed by atoms with Gasteiger partial charge in [-0.2, -0.15) is 5.26 Å². The Morgan fingerprint density at radius 2 is 1.96 bits per heavy atom. The molecule has 0 saturated carbocycles. The van der Waals surface area contributed by atoms with Crippen LogP contribution in [0.4, 0.5) is 5.69 Å². The molecule has 0 spiro atoms. The SMILES string of the molecule is CCOc1ccc(C#N)cc1NC(=O)COc1ccc(C(C)C)c(C)c1. The van der Waals surface area contributed by atoms with Crippen LogP contribution in [-0.2, 0) is 4.79 Å². The highest BCUT2D eigenvalue weighted by Gasteiger charge is 2.11. The molecule has 2 aromatic rings. The van der Waals surface area contributed by atoms with Crippen LogP contribution >= 0.6 is 0 Å². The molecular weight excluding hydrogens is 328 g/mol. The number of nitriles is 1. The third-order valence-corrected chi connectivity index (χ3v) is 3.92. The van der Waals surface area contributed by atoms with Crippen LogP contribution in [0.5, 0.6) is 11.5 Å². The predicted octanol–water partition coefficient (Wildman–Crippen LogP) is 4.41. The molecule has 5 nitrogen and oxygen atoms in total. The third kappa shape index (κ3) is 5.00. The van der Waals surface area contributed by atoms with Crippen LogP contribution in [0.1, 0.15) is 43.4 Å². The Labute approximate surface area is 154 Å². The predicted molar refractivity (Wildman–Crippen MR) is 102 cm³/mol. The molecule has 0 saturated heterocycles. The summed E-state index contributed by atoms with van der Waals surface area (Å²) < 4.78 is 11.1. The number of nitrogens with zero attached hydrogens (tertiary/aromatic N) is 1. The summed E-state index contributed by atoms with van der Waals surface area (Å²) in [5, 5.41) is 11.8. The smallest absolute Gasteiger partial charge is 0.262 e. The van der Waals surface area contributed by atoms with Crippen molar-refractivity contribution in [2.45, 2.75) is 33.6 Å². The van der Waals surface area contributed by atoms with Gasteiger partial charge in [0.05, 0.1) is 23.9 Å². The first-order valence-electron chi connectivity index (χ1n) is 8.64. The molecule has 5 heteroatoms. The van der Waals surface area contributed by atoms with Crippen molar-refractivity contribution in [3.8, 4) is 17.6 Å². The molecule has 0 heterocycles. The summed E-state index contributed by atoms with van der Waals surface area (Å²) in [7, 11) is 0. The number of hydrogen-bond donors (Lipinski definition) is 1. The van der Waals surface area contributed by atoms with Crippen molar-refractivity contribution in [1.82, 2.24) is 0 Å². The topological polar surface area (TPSA) is 71.3 Å². The van der Waals surface area contributed by atoms with Crippen LogP contribution in [0, 0.1) is 18.3 Å². The number of nitrogens with one attached hydrogen (secondary N) is 1. The molecule has 0 unspecified atom stereocenters. The lowest BCUT2D eigenvalue weighted by molar-refractivity contribution is -0.118. The first-order chi connectivity index (χ1) is 12.4. The molecule has 0 bridgehead atoms. The average Bonchev–Trinajstić information content (AvgIpc) is 2.61. The molecule has 136 valence electrons. The molecule has 0 atom stereocenters. The van der Waals surface area contributed by atoms with E-state index in [2.05, 4.69) is 25.2 Å². The number of aryl methyl sites for hydroxylation is 1. The molecule has 0 radical (unpaired) electrons. The van der Waals surface area contributed by atoms with E-state index in [9.17, 15) is 4.79 Å². The van der Waals surface area contributed by atoms with Crippen molar-refractivity contribution in [2.75, 3.05) is 18.5 Å². The van der Waals surface area contributed by atoms with Gasteiger partial charge in [-0.25, -0.2) is 0 Å². The Kier molecular flexibility index (Phi) is 6.62. The maximum atomic E-state index is 12.2. The normalized spacial score (nSPS) is 10.3. The number of ether oxygens (including phenoxy) is 2. The van der Waals surface area contributed by atoms with Gasteiger partial charge in [0.1, 0.15) is 11.5 Å². The zero-order valence-electron chi connectivity index (χ0n) is 15.6. The van der Waals surface area contributed by atoms with Gasteiger partial charge < -0.3 is 14.8 Å². The quantitative estimate of drug-likeness (QED) is 0.801. The first-order valence-corrected chi connectivity index (χ1v) is 8.64. The lowest BCUT2D eigenvalue weighted by atomic mass is 9.98. The lowest BCUT2D eigenvalue weighted by Gasteiger charge is -2.14. The van der Waals surface area contributed by atoms with Gasteiger partial charge in [0.2, 0.25) is 0 Å². The summed E-state index contributed by atoms with van der Waals surface area (Å²) in [4.78, 5) is 12.2. The van der Waals surface area contributed by atoms with Gasteiger partial charge in [-0.15, -0.1) is 0 Å². The number of anilines is 1. The summed E-state index contributed by atoms with van der Waals surface area (Å²) in [5.74, 6) is 1.30. The highest BCUT2D eigenvalue weighted by Crippen LogP contribution is 2.26. The van der Waals surface area contributed by atoms with E-state index in [4.69, 9.17) is 14.7 Å². The first kappa shape index (κ1) is 19.3. The number of hydrogen-bond acceptors (Lipinski definition) is 4. The van der Waals surface area contributed by atoms with Crippen LogP contribution < -0.4 is 14.8 Å². The molecule has 0 aliphatic rings. The van der Waals surface area contributed by atoms with E-state index in [1.54, 1.807) is 18.2 Å². The molecular formula is C21H24N2O3. The Bertz CT molecular complexity index is 822. The maximum Gasteiger partial charge on any atom is 0.262 e. The average molecular weight is 352 g/mol. The number of carbonyl (C=O) groups is 1. The molecule has 0 aromatic heterocycles. The van der Waals surface area contributed by atoms with E-state index in [1.807, 2.05) is 32.0 Å². The van der Waals surface area contributed by atoms with Crippen molar-refractivity contribution < 1.29 is 14.3 Å². The molecule has 1 N–H and O–H groups in total. The summed E-state index contributed by atoms with van der Waals surface area (Å²) in [6.45, 7) is 8.51. The summed E-state index contributed by atoms with van der Waals surface area (Å²) in [6.07, 6.45) is 0. The Morgan fingerprint density at radius 1 is 1.19 bits per heavy atom. The van der Waals surface area contributed by atoms with Crippen LogP contribution in [0.15, 0.2) is 36.4 Å². The summed E-state index contributed by atoms with van der Waals surface area (Å²) in [6, 6.07) is 12.8. The van der Waals surface area contributed by atoms with E-state index >= 15 is 0 Å². The summed E-state index contributed by atoms with van der Waals surface area (Å²) in [5.41, 5.74) is 3.31. The zero-order valence-corrected chi connectivity index (χ0v) is 15.6. The monoisotopic (exact) mass is 352 g/mol. The van der Waals surface area contributed by atoms with Crippen molar-refractivity contribution in [3.63, 3.8) is 0 Å². The Balaban J connectivity index is 2.03. The second kappa shape index (κ2) is 8.91. The molecule has 2 aromatic carbocycles. The molecule has 0 aliphatic carbocycles. The van der Waals surface area contributed by atoms with Gasteiger partial charge in [0, 0.05) is 0 Å². The Morgan fingerprint density at radius 3 is 2.58 bits per heavy atom. The van der Waals surface area contributed by atoms with Gasteiger partial charge in [-0.05, 0) is 61.2 Å². The maximum absolute atomic E-state index is 12.2. The second-order valence-electron chi connectivity index (χ2n) is 6.27. The zero-order chi connectivity index (χ0) is 19.1. The second-order valence-corrected chi connectivity index (χ2v) is 6.27. The standard InChI is InChI=1S/C21H24N2O3/c1-5-25-20-9-6-16(12-22)11-19(20)23-21(24)13-26-17-7-8-18(14(2)3)15(4)10-17/h6-11,14H,5,13H2,1-4H3,(H,23,24). The van der Waals surface area contributed by atoms with Crippen LogP contribution in [0.25, 0.3) is 0 Å². The number of benzene rings is 2. The number of carbonyl (C=O) groups excluding carboxylic acids is 1. The molecule has 26 heavy (non-hydrogen) atoms. The lowest BCUT2D eigenvalue weighted by Crippen LogP contribution is -2.20. The van der Waals surface area contributed by atoms with Crippen LogP contribution in [-0.4, -0.2) is 19.1 Å². The van der Waals surface area contributed by atoms with Crippen molar-refractivity contribution in [2.24, 2.45) is 0 Å². The Hall–Kier alpha value is -3.00. The van der Waals surface area contributed by atoms with Crippen molar-refractivity contribution in [3.05, 3.63) is 53.1 Å². The van der Waals surface area contributed by atoms with E-state index in [0.717, 1.165) is 5.56 Å².